The van der Waals surface area contributed by atoms with E-state index in [1.165, 1.54) is 11.6 Å². The van der Waals surface area contributed by atoms with Crippen molar-refractivity contribution in [3.8, 4) is 0 Å². The van der Waals surface area contributed by atoms with E-state index in [1.807, 2.05) is 0 Å². The Kier molecular flexibility index (Phi) is 3.94. The van der Waals surface area contributed by atoms with Gasteiger partial charge in [-0.15, -0.1) is 0 Å². The van der Waals surface area contributed by atoms with Crippen molar-refractivity contribution < 1.29 is 18.8 Å². The van der Waals surface area contributed by atoms with E-state index in [0.29, 0.717) is 5.82 Å². The fourth-order valence-electron chi connectivity index (χ4n) is 1.21. The molecule has 2 N–H and O–H groups in total. The van der Waals surface area contributed by atoms with Gasteiger partial charge in [-0.3, -0.25) is 4.57 Å². The van der Waals surface area contributed by atoms with E-state index >= 15 is 0 Å². The molecule has 1 heterocycles. The summed E-state index contributed by atoms with van der Waals surface area (Å²) < 4.78 is 25.5. The third kappa shape index (κ3) is 2.87. The first-order chi connectivity index (χ1) is 7.84. The standard InChI is InChI=1S/C8H12F2N4O3/c1-4-12-8(14(16)17)7(13(4)2)11-3-5(15)6(9)10/h5-6,11,15H,3H2,1-2H3. The number of aliphatic hydroxyl groups excluding tert-OH is 1. The second-order valence-corrected chi connectivity index (χ2v) is 3.43. The van der Waals surface area contributed by atoms with Gasteiger partial charge >= 0.3 is 5.82 Å². The number of rotatable bonds is 5. The Labute approximate surface area is 95.2 Å². The molecule has 1 aromatic rings. The molecule has 0 aliphatic carbocycles. The van der Waals surface area contributed by atoms with Gasteiger partial charge in [0, 0.05) is 20.5 Å². The maximum atomic E-state index is 12.0. The smallest absolute Gasteiger partial charge is 0.385 e. The molecule has 0 aliphatic heterocycles. The van der Waals surface area contributed by atoms with Crippen LogP contribution in [0.1, 0.15) is 5.82 Å². The largest absolute Gasteiger partial charge is 0.406 e. The van der Waals surface area contributed by atoms with Crippen LogP contribution in [0.15, 0.2) is 0 Å². The molecule has 1 aromatic heterocycles. The van der Waals surface area contributed by atoms with Crippen LogP contribution in [0, 0.1) is 17.0 Å². The molecule has 0 saturated carbocycles. The number of hydrogen-bond donors (Lipinski definition) is 2. The average Bonchev–Trinajstić information content (AvgIpc) is 2.52. The van der Waals surface area contributed by atoms with E-state index in [-0.39, 0.29) is 5.82 Å². The Bertz CT molecular complexity index is 421. The molecule has 0 aliphatic rings. The summed E-state index contributed by atoms with van der Waals surface area (Å²) in [6.07, 6.45) is -4.79. The minimum atomic E-state index is -2.91. The van der Waals surface area contributed by atoms with Gasteiger partial charge in [-0.2, -0.15) is 0 Å². The highest BCUT2D eigenvalue weighted by Gasteiger charge is 2.25. The van der Waals surface area contributed by atoms with E-state index < -0.39 is 29.8 Å². The van der Waals surface area contributed by atoms with Gasteiger partial charge in [-0.05, 0) is 9.91 Å². The lowest BCUT2D eigenvalue weighted by atomic mass is 10.3. The zero-order valence-corrected chi connectivity index (χ0v) is 9.22. The highest BCUT2D eigenvalue weighted by molar-refractivity contribution is 5.53. The summed E-state index contributed by atoms with van der Waals surface area (Å²) in [6, 6.07) is 0. The molecule has 1 unspecified atom stereocenters. The number of imidazole rings is 1. The van der Waals surface area contributed by atoms with E-state index in [2.05, 4.69) is 10.3 Å². The molecule has 1 atom stereocenters. The molecule has 7 nitrogen and oxygen atoms in total. The SMILES string of the molecule is Cc1nc([N+](=O)[O-])c(NCC(O)C(F)F)n1C. The second-order valence-electron chi connectivity index (χ2n) is 3.43. The van der Waals surface area contributed by atoms with Crippen molar-refractivity contribution >= 4 is 11.6 Å². The van der Waals surface area contributed by atoms with Gasteiger partial charge < -0.3 is 20.5 Å². The van der Waals surface area contributed by atoms with E-state index in [0.717, 1.165) is 0 Å². The van der Waals surface area contributed by atoms with E-state index in [4.69, 9.17) is 5.11 Å². The van der Waals surface area contributed by atoms with Crippen LogP contribution < -0.4 is 5.32 Å². The number of aliphatic hydroxyl groups is 1. The summed E-state index contributed by atoms with van der Waals surface area (Å²) >= 11 is 0. The van der Waals surface area contributed by atoms with Crippen molar-refractivity contribution in [1.29, 1.82) is 0 Å². The van der Waals surface area contributed by atoms with Gasteiger partial charge in [0.05, 0.1) is 0 Å². The molecule has 0 amide bonds. The first kappa shape index (κ1) is 13.3. The summed E-state index contributed by atoms with van der Waals surface area (Å²) in [5, 5.41) is 21.9. The van der Waals surface area contributed by atoms with Crippen LogP contribution >= 0.6 is 0 Å². The molecule has 0 bridgehead atoms. The summed E-state index contributed by atoms with van der Waals surface area (Å²) in [5.41, 5.74) is 0. The zero-order chi connectivity index (χ0) is 13.2. The van der Waals surface area contributed by atoms with Crippen LogP contribution in [0.3, 0.4) is 0 Å². The highest BCUT2D eigenvalue weighted by Crippen LogP contribution is 2.23. The molecule has 0 aromatic carbocycles. The topological polar surface area (TPSA) is 93.2 Å². The molecule has 17 heavy (non-hydrogen) atoms. The van der Waals surface area contributed by atoms with Gasteiger partial charge in [0.15, 0.2) is 0 Å². The molecule has 0 saturated heterocycles. The van der Waals surface area contributed by atoms with Gasteiger partial charge in [-0.1, -0.05) is 0 Å². The van der Waals surface area contributed by atoms with E-state index in [9.17, 15) is 18.9 Å². The summed E-state index contributed by atoms with van der Waals surface area (Å²) in [7, 11) is 1.51. The minimum absolute atomic E-state index is 0.00722. The monoisotopic (exact) mass is 250 g/mol. The lowest BCUT2D eigenvalue weighted by Gasteiger charge is -2.11. The van der Waals surface area contributed by atoms with Crippen LogP contribution in [-0.2, 0) is 7.05 Å². The minimum Gasteiger partial charge on any atom is -0.385 e. The Morgan fingerprint density at radius 1 is 1.65 bits per heavy atom. The number of anilines is 1. The van der Waals surface area contributed by atoms with E-state index in [1.54, 1.807) is 6.92 Å². The molecule has 96 valence electrons. The van der Waals surface area contributed by atoms with Crippen LogP contribution in [0.25, 0.3) is 0 Å². The van der Waals surface area contributed by atoms with Gasteiger partial charge in [0.25, 0.3) is 6.43 Å². The number of aromatic nitrogens is 2. The van der Waals surface area contributed by atoms with Gasteiger partial charge in [0.2, 0.25) is 11.6 Å². The average molecular weight is 250 g/mol. The Morgan fingerprint density at radius 3 is 2.71 bits per heavy atom. The van der Waals surface area contributed by atoms with Gasteiger partial charge in [-0.25, -0.2) is 8.78 Å². The number of hydrogen-bond acceptors (Lipinski definition) is 5. The molecule has 0 radical (unpaired) electrons. The third-order valence-electron chi connectivity index (χ3n) is 2.24. The van der Waals surface area contributed by atoms with Crippen LogP contribution in [0.2, 0.25) is 0 Å². The van der Waals surface area contributed by atoms with Crippen LogP contribution in [-0.4, -0.2) is 38.7 Å². The first-order valence-corrected chi connectivity index (χ1v) is 4.72. The number of aryl methyl sites for hydroxylation is 1. The van der Waals surface area contributed by atoms with Crippen molar-refractivity contribution in [3.05, 3.63) is 15.9 Å². The maximum Gasteiger partial charge on any atom is 0.406 e. The van der Waals surface area contributed by atoms with Crippen molar-refractivity contribution in [2.45, 2.75) is 19.5 Å². The number of alkyl halides is 2. The van der Waals surface area contributed by atoms with Crippen molar-refractivity contribution in [3.63, 3.8) is 0 Å². The Balaban J connectivity index is 2.86. The highest BCUT2D eigenvalue weighted by atomic mass is 19.3. The number of nitrogens with zero attached hydrogens (tertiary/aromatic N) is 3. The van der Waals surface area contributed by atoms with Crippen LogP contribution in [0.5, 0.6) is 0 Å². The first-order valence-electron chi connectivity index (χ1n) is 4.72. The summed E-state index contributed by atoms with van der Waals surface area (Å²) in [6.45, 7) is 1.05. The molecular formula is C8H12F2N4O3. The quantitative estimate of drug-likeness (QED) is 0.592. The number of halogens is 2. The fourth-order valence-corrected chi connectivity index (χ4v) is 1.21. The number of nitrogens with one attached hydrogen (secondary N) is 1. The molecule has 9 heteroatoms. The van der Waals surface area contributed by atoms with Crippen molar-refractivity contribution in [2.24, 2.45) is 7.05 Å². The molecule has 0 spiro atoms. The van der Waals surface area contributed by atoms with Crippen molar-refractivity contribution in [1.82, 2.24) is 9.55 Å². The maximum absolute atomic E-state index is 12.0. The zero-order valence-electron chi connectivity index (χ0n) is 9.22. The molecular weight excluding hydrogens is 238 g/mol. The predicted molar refractivity (Wildman–Crippen MR) is 55.1 cm³/mol. The Hall–Kier alpha value is -1.77. The predicted octanol–water partition coefficient (Wildman–Crippen LogP) is 0.675. The van der Waals surface area contributed by atoms with Gasteiger partial charge in [0.1, 0.15) is 6.10 Å². The molecule has 1 rings (SSSR count). The lowest BCUT2D eigenvalue weighted by molar-refractivity contribution is -0.388. The Morgan fingerprint density at radius 2 is 2.24 bits per heavy atom. The third-order valence-corrected chi connectivity index (χ3v) is 2.24. The summed E-state index contributed by atoms with van der Waals surface area (Å²) in [5.74, 6) is -0.0931. The van der Waals surface area contributed by atoms with Crippen molar-refractivity contribution in [2.75, 3.05) is 11.9 Å². The second kappa shape index (κ2) is 5.04. The lowest BCUT2D eigenvalue weighted by Crippen LogP contribution is -2.27. The summed E-state index contributed by atoms with van der Waals surface area (Å²) in [4.78, 5) is 13.6. The normalized spacial score (nSPS) is 12.8. The fraction of sp³-hybridized carbons (Fsp3) is 0.625. The molecule has 0 fully saturated rings. The van der Waals surface area contributed by atoms with Crippen LogP contribution in [0.4, 0.5) is 20.4 Å². The number of nitro groups is 1.